The van der Waals surface area contributed by atoms with E-state index in [9.17, 15) is 14.9 Å². The van der Waals surface area contributed by atoms with E-state index >= 15 is 0 Å². The maximum absolute atomic E-state index is 13.6. The number of nitrogens with zero attached hydrogens (tertiary/aromatic N) is 1. The van der Waals surface area contributed by atoms with Crippen LogP contribution in [0.3, 0.4) is 0 Å². The Labute approximate surface area is 168 Å². The van der Waals surface area contributed by atoms with Crippen LogP contribution in [0.25, 0.3) is 0 Å². The molecule has 3 aromatic rings. The van der Waals surface area contributed by atoms with Crippen molar-refractivity contribution in [2.45, 2.75) is 11.3 Å². The van der Waals surface area contributed by atoms with Gasteiger partial charge in [-0.05, 0) is 29.3 Å². The number of hydrogen-bond donors (Lipinski definition) is 1. The van der Waals surface area contributed by atoms with E-state index in [-0.39, 0.29) is 17.4 Å². The van der Waals surface area contributed by atoms with Crippen LogP contribution in [0.15, 0.2) is 78.9 Å². The summed E-state index contributed by atoms with van der Waals surface area (Å²) in [6.45, 7) is -0.386. The highest BCUT2D eigenvalue weighted by Gasteiger charge is 2.56. The van der Waals surface area contributed by atoms with Gasteiger partial charge in [0, 0.05) is 16.2 Å². The lowest BCUT2D eigenvalue weighted by Crippen LogP contribution is -2.44. The van der Waals surface area contributed by atoms with Crippen LogP contribution >= 0.6 is 0 Å². The van der Waals surface area contributed by atoms with Gasteiger partial charge in [-0.1, -0.05) is 60.7 Å². The molecule has 1 amide bonds. The summed E-state index contributed by atoms with van der Waals surface area (Å²) < 4.78 is 5.40. The number of benzene rings is 3. The fraction of sp³-hybridized carbons (Fsp3) is 0.174. The van der Waals surface area contributed by atoms with Crippen molar-refractivity contribution in [3.63, 3.8) is 0 Å². The largest absolute Gasteiger partial charge is 0.497 e. The number of nitro groups is 1. The molecule has 4 rings (SSSR count). The molecule has 1 heterocycles. The van der Waals surface area contributed by atoms with Crippen LogP contribution < -0.4 is 10.1 Å². The number of fused-ring (bicyclic) bond motifs is 1. The molecule has 1 aliphatic heterocycles. The topological polar surface area (TPSA) is 81.5 Å². The lowest BCUT2D eigenvalue weighted by molar-refractivity contribution is -0.484. The van der Waals surface area contributed by atoms with Crippen molar-refractivity contribution in [2.75, 3.05) is 19.0 Å². The SMILES string of the molecule is COc1ccc2c(c1)[C@](c1ccccc1)([C@H](C[N+](=O)[O-])c1ccccc1)C(=O)N2. The van der Waals surface area contributed by atoms with E-state index in [0.29, 0.717) is 22.6 Å². The molecule has 2 atom stereocenters. The summed E-state index contributed by atoms with van der Waals surface area (Å²) in [6, 6.07) is 23.8. The van der Waals surface area contributed by atoms with Gasteiger partial charge in [-0.15, -0.1) is 0 Å². The summed E-state index contributed by atoms with van der Waals surface area (Å²) in [4.78, 5) is 24.9. The minimum Gasteiger partial charge on any atom is -0.497 e. The zero-order chi connectivity index (χ0) is 20.4. The van der Waals surface area contributed by atoms with Gasteiger partial charge in [0.2, 0.25) is 12.5 Å². The minimum atomic E-state index is -1.25. The standard InChI is InChI=1S/C23H20N2O4/c1-29-18-12-13-21-19(14-18)23(22(26)24-21,17-10-6-3-7-11-17)20(15-25(27)28)16-8-4-2-5-9-16/h2-14,20H,15H2,1H3,(H,24,26)/t20-,23-/m1/s1. The van der Waals surface area contributed by atoms with Crippen molar-refractivity contribution in [1.82, 2.24) is 0 Å². The quantitative estimate of drug-likeness (QED) is 0.511. The van der Waals surface area contributed by atoms with Crippen molar-refractivity contribution in [3.8, 4) is 5.75 Å². The summed E-state index contributed by atoms with van der Waals surface area (Å²) in [5.41, 5.74) is 1.52. The maximum atomic E-state index is 13.6. The number of carbonyl (C=O) groups excluding carboxylic acids is 1. The zero-order valence-corrected chi connectivity index (χ0v) is 15.9. The first kappa shape index (κ1) is 18.7. The fourth-order valence-electron chi connectivity index (χ4n) is 4.29. The first-order valence-electron chi connectivity index (χ1n) is 9.29. The monoisotopic (exact) mass is 388 g/mol. The Morgan fingerprint density at radius 2 is 1.69 bits per heavy atom. The molecular formula is C23H20N2O4. The molecule has 0 spiro atoms. The number of methoxy groups -OCH3 is 1. The lowest BCUT2D eigenvalue weighted by Gasteiger charge is -2.35. The van der Waals surface area contributed by atoms with Crippen molar-refractivity contribution in [3.05, 3.63) is 106 Å². The van der Waals surface area contributed by atoms with E-state index in [1.165, 1.54) is 0 Å². The van der Waals surface area contributed by atoms with Gasteiger partial charge in [0.15, 0.2) is 0 Å². The zero-order valence-electron chi connectivity index (χ0n) is 15.9. The summed E-state index contributed by atoms with van der Waals surface area (Å²) in [7, 11) is 1.56. The summed E-state index contributed by atoms with van der Waals surface area (Å²) >= 11 is 0. The van der Waals surface area contributed by atoms with Gasteiger partial charge in [0.25, 0.3) is 0 Å². The van der Waals surface area contributed by atoms with E-state index < -0.39 is 11.3 Å². The molecule has 0 fully saturated rings. The van der Waals surface area contributed by atoms with Gasteiger partial charge in [-0.3, -0.25) is 14.9 Å². The number of rotatable bonds is 6. The summed E-state index contributed by atoms with van der Waals surface area (Å²) in [5, 5.41) is 14.6. The molecule has 0 aromatic heterocycles. The van der Waals surface area contributed by atoms with Gasteiger partial charge < -0.3 is 10.1 Å². The molecular weight excluding hydrogens is 368 g/mol. The highest BCUT2D eigenvalue weighted by Crippen LogP contribution is 2.52. The Morgan fingerprint density at radius 1 is 1.03 bits per heavy atom. The number of amides is 1. The van der Waals surface area contributed by atoms with Crippen molar-refractivity contribution >= 4 is 11.6 Å². The molecule has 3 aromatic carbocycles. The molecule has 0 saturated carbocycles. The van der Waals surface area contributed by atoms with Crippen molar-refractivity contribution in [2.24, 2.45) is 0 Å². The number of carbonyl (C=O) groups is 1. The molecule has 1 N–H and O–H groups in total. The van der Waals surface area contributed by atoms with E-state index in [2.05, 4.69) is 5.32 Å². The number of nitrogens with one attached hydrogen (secondary N) is 1. The van der Waals surface area contributed by atoms with Gasteiger partial charge in [0.1, 0.15) is 11.2 Å². The van der Waals surface area contributed by atoms with Crippen LogP contribution in [0.2, 0.25) is 0 Å². The second-order valence-corrected chi connectivity index (χ2v) is 7.02. The number of hydrogen-bond acceptors (Lipinski definition) is 4. The third kappa shape index (κ3) is 3.02. The summed E-state index contributed by atoms with van der Waals surface area (Å²) in [6.07, 6.45) is 0. The first-order valence-corrected chi connectivity index (χ1v) is 9.29. The van der Waals surface area contributed by atoms with E-state index in [1.807, 2.05) is 60.7 Å². The Kier molecular flexibility index (Phi) is 4.76. The van der Waals surface area contributed by atoms with Crippen molar-refractivity contribution in [1.29, 1.82) is 0 Å². The molecule has 29 heavy (non-hydrogen) atoms. The molecule has 0 unspecified atom stereocenters. The van der Waals surface area contributed by atoms with Gasteiger partial charge in [0.05, 0.1) is 13.0 Å². The van der Waals surface area contributed by atoms with Crippen LogP contribution in [0.4, 0.5) is 5.69 Å². The smallest absolute Gasteiger partial charge is 0.240 e. The van der Waals surface area contributed by atoms with Crippen LogP contribution in [-0.2, 0) is 10.2 Å². The lowest BCUT2D eigenvalue weighted by atomic mass is 9.64. The number of ether oxygens (including phenoxy) is 1. The normalized spacial score (nSPS) is 18.6. The average Bonchev–Trinajstić information content (AvgIpc) is 3.04. The predicted octanol–water partition coefficient (Wildman–Crippen LogP) is 3.99. The summed E-state index contributed by atoms with van der Waals surface area (Å²) in [5.74, 6) is -0.384. The third-order valence-electron chi connectivity index (χ3n) is 5.54. The van der Waals surface area contributed by atoms with Crippen LogP contribution in [-0.4, -0.2) is 24.5 Å². The Hall–Kier alpha value is -3.67. The molecule has 0 aliphatic carbocycles. The average molecular weight is 388 g/mol. The molecule has 0 saturated heterocycles. The minimum absolute atomic E-state index is 0.275. The maximum Gasteiger partial charge on any atom is 0.240 e. The Morgan fingerprint density at radius 3 is 2.31 bits per heavy atom. The fourth-order valence-corrected chi connectivity index (χ4v) is 4.29. The number of anilines is 1. The molecule has 146 valence electrons. The van der Waals surface area contributed by atoms with Gasteiger partial charge >= 0.3 is 0 Å². The first-order chi connectivity index (χ1) is 14.1. The van der Waals surface area contributed by atoms with Gasteiger partial charge in [-0.25, -0.2) is 0 Å². The van der Waals surface area contributed by atoms with Crippen LogP contribution in [0.1, 0.15) is 22.6 Å². The van der Waals surface area contributed by atoms with Gasteiger partial charge in [-0.2, -0.15) is 0 Å². The van der Waals surface area contributed by atoms with Crippen molar-refractivity contribution < 1.29 is 14.5 Å². The van der Waals surface area contributed by atoms with Crippen LogP contribution in [0, 0.1) is 10.1 Å². The third-order valence-corrected chi connectivity index (χ3v) is 5.54. The predicted molar refractivity (Wildman–Crippen MR) is 110 cm³/mol. The molecule has 6 heteroatoms. The Bertz CT molecular complexity index is 1050. The molecule has 0 radical (unpaired) electrons. The van der Waals surface area contributed by atoms with Crippen LogP contribution in [0.5, 0.6) is 5.75 Å². The van der Waals surface area contributed by atoms with E-state index in [4.69, 9.17) is 4.74 Å². The second-order valence-electron chi connectivity index (χ2n) is 7.02. The van der Waals surface area contributed by atoms with E-state index in [0.717, 1.165) is 5.56 Å². The Balaban J connectivity index is 2.06. The highest BCUT2D eigenvalue weighted by atomic mass is 16.6. The van der Waals surface area contributed by atoms with E-state index in [1.54, 1.807) is 25.3 Å². The molecule has 1 aliphatic rings. The molecule has 0 bridgehead atoms. The second kappa shape index (κ2) is 7.39. The highest BCUT2D eigenvalue weighted by molar-refractivity contribution is 6.09. The molecule has 6 nitrogen and oxygen atoms in total.